The number of nitrogens with two attached hydrogens (primary N) is 1. The van der Waals surface area contributed by atoms with E-state index in [0.717, 1.165) is 22.8 Å². The van der Waals surface area contributed by atoms with E-state index in [1.165, 1.54) is 0 Å². The van der Waals surface area contributed by atoms with Crippen LogP contribution in [-0.4, -0.2) is 16.1 Å². The van der Waals surface area contributed by atoms with Gasteiger partial charge in [-0.05, 0) is 11.6 Å². The van der Waals surface area contributed by atoms with Crippen molar-refractivity contribution in [3.63, 3.8) is 0 Å². The lowest BCUT2D eigenvalue weighted by Crippen LogP contribution is -2.22. The topological polar surface area (TPSA) is 43.8 Å². The summed E-state index contributed by atoms with van der Waals surface area (Å²) in [7, 11) is 0. The van der Waals surface area contributed by atoms with Gasteiger partial charge in [-0.3, -0.25) is 0 Å². The summed E-state index contributed by atoms with van der Waals surface area (Å²) in [6, 6.07) is 7.86. The molecular formula is C13H16ClN3. The molecule has 4 heteroatoms. The van der Waals surface area contributed by atoms with Crippen LogP contribution < -0.4 is 5.73 Å². The van der Waals surface area contributed by atoms with E-state index in [9.17, 15) is 0 Å². The summed E-state index contributed by atoms with van der Waals surface area (Å²) in [6.07, 6.45) is 4.64. The molecule has 90 valence electrons. The van der Waals surface area contributed by atoms with Crippen LogP contribution in [0.3, 0.4) is 0 Å². The zero-order chi connectivity index (χ0) is 12.3. The molecule has 0 bridgehead atoms. The van der Waals surface area contributed by atoms with E-state index in [1.54, 1.807) is 6.20 Å². The minimum absolute atomic E-state index is 0.0566. The van der Waals surface area contributed by atoms with Gasteiger partial charge in [-0.15, -0.1) is 0 Å². The Hall–Kier alpha value is -1.32. The molecule has 1 unspecified atom stereocenters. The van der Waals surface area contributed by atoms with E-state index in [2.05, 4.69) is 16.5 Å². The average Bonchev–Trinajstić information content (AvgIpc) is 2.81. The van der Waals surface area contributed by atoms with Gasteiger partial charge in [0, 0.05) is 30.4 Å². The van der Waals surface area contributed by atoms with Gasteiger partial charge >= 0.3 is 0 Å². The number of aryl methyl sites for hydroxylation is 1. The first-order valence-electron chi connectivity index (χ1n) is 5.74. The van der Waals surface area contributed by atoms with Crippen LogP contribution in [-0.2, 0) is 6.42 Å². The molecule has 0 aliphatic rings. The highest BCUT2D eigenvalue weighted by Gasteiger charge is 2.16. The molecular weight excluding hydrogens is 234 g/mol. The number of aromatic nitrogens is 2. The molecule has 0 radical (unpaired) electrons. The molecule has 0 saturated carbocycles. The summed E-state index contributed by atoms with van der Waals surface area (Å²) in [5, 5.41) is 0.749. The van der Waals surface area contributed by atoms with Crippen LogP contribution in [0, 0.1) is 0 Å². The summed E-state index contributed by atoms with van der Waals surface area (Å²) in [4.78, 5) is 4.32. The Kier molecular flexibility index (Phi) is 3.82. The number of benzene rings is 1. The van der Waals surface area contributed by atoms with Gasteiger partial charge in [-0.2, -0.15) is 0 Å². The SMILES string of the molecule is CCc1nccn1C(CN)c1ccccc1Cl. The molecule has 3 nitrogen and oxygen atoms in total. The standard InChI is InChI=1S/C13H16ClN3/c1-2-13-16-7-8-17(13)12(9-15)10-5-3-4-6-11(10)14/h3-8,12H,2,9,15H2,1H3. The maximum atomic E-state index is 6.22. The number of nitrogens with zero attached hydrogens (tertiary/aromatic N) is 2. The van der Waals surface area contributed by atoms with Crippen LogP contribution in [0.2, 0.25) is 5.02 Å². The first-order valence-corrected chi connectivity index (χ1v) is 6.12. The Bertz CT molecular complexity index is 493. The number of rotatable bonds is 4. The summed E-state index contributed by atoms with van der Waals surface area (Å²) in [5.74, 6) is 1.03. The quantitative estimate of drug-likeness (QED) is 0.905. The van der Waals surface area contributed by atoms with Gasteiger partial charge in [0.15, 0.2) is 0 Å². The predicted molar refractivity (Wildman–Crippen MR) is 70.3 cm³/mol. The minimum atomic E-state index is 0.0566. The highest BCUT2D eigenvalue weighted by Crippen LogP contribution is 2.26. The number of halogens is 1. The normalized spacial score (nSPS) is 12.6. The monoisotopic (exact) mass is 249 g/mol. The molecule has 1 atom stereocenters. The van der Waals surface area contributed by atoms with E-state index in [0.29, 0.717) is 6.54 Å². The molecule has 0 amide bonds. The second-order valence-corrected chi connectivity index (χ2v) is 4.28. The van der Waals surface area contributed by atoms with Gasteiger partial charge in [-0.25, -0.2) is 4.98 Å². The smallest absolute Gasteiger partial charge is 0.108 e. The van der Waals surface area contributed by atoms with Gasteiger partial charge in [0.2, 0.25) is 0 Å². The third kappa shape index (κ3) is 2.35. The van der Waals surface area contributed by atoms with Crippen LogP contribution in [0.1, 0.15) is 24.4 Å². The van der Waals surface area contributed by atoms with Crippen molar-refractivity contribution in [1.29, 1.82) is 0 Å². The second-order valence-electron chi connectivity index (χ2n) is 3.88. The van der Waals surface area contributed by atoms with E-state index < -0.39 is 0 Å². The van der Waals surface area contributed by atoms with Crippen LogP contribution in [0.15, 0.2) is 36.7 Å². The van der Waals surface area contributed by atoms with E-state index >= 15 is 0 Å². The largest absolute Gasteiger partial charge is 0.328 e. The van der Waals surface area contributed by atoms with Crippen molar-refractivity contribution in [2.75, 3.05) is 6.54 Å². The molecule has 17 heavy (non-hydrogen) atoms. The molecule has 0 aliphatic carbocycles. The van der Waals surface area contributed by atoms with Crippen molar-refractivity contribution in [1.82, 2.24) is 9.55 Å². The summed E-state index contributed by atoms with van der Waals surface area (Å²) in [5.41, 5.74) is 6.93. The Morgan fingerprint density at radius 2 is 2.18 bits per heavy atom. The molecule has 2 N–H and O–H groups in total. The molecule has 0 aliphatic heterocycles. The average molecular weight is 250 g/mol. The Morgan fingerprint density at radius 3 is 2.82 bits per heavy atom. The molecule has 2 rings (SSSR count). The van der Waals surface area contributed by atoms with Crippen molar-refractivity contribution in [3.8, 4) is 0 Å². The van der Waals surface area contributed by atoms with E-state index in [4.69, 9.17) is 17.3 Å². The number of imidazole rings is 1. The highest BCUT2D eigenvalue weighted by atomic mass is 35.5. The van der Waals surface area contributed by atoms with E-state index in [1.807, 2.05) is 30.5 Å². The van der Waals surface area contributed by atoms with Crippen molar-refractivity contribution in [3.05, 3.63) is 53.1 Å². The summed E-state index contributed by atoms with van der Waals surface area (Å²) >= 11 is 6.22. The van der Waals surface area contributed by atoms with Crippen molar-refractivity contribution in [2.45, 2.75) is 19.4 Å². The third-order valence-corrected chi connectivity index (χ3v) is 3.23. The van der Waals surface area contributed by atoms with Crippen LogP contribution >= 0.6 is 11.6 Å². The van der Waals surface area contributed by atoms with Gasteiger partial charge < -0.3 is 10.3 Å². The molecule has 1 aromatic carbocycles. The van der Waals surface area contributed by atoms with Gasteiger partial charge in [0.05, 0.1) is 6.04 Å². The van der Waals surface area contributed by atoms with Gasteiger partial charge in [0.25, 0.3) is 0 Å². The number of hydrogen-bond donors (Lipinski definition) is 1. The van der Waals surface area contributed by atoms with Crippen molar-refractivity contribution < 1.29 is 0 Å². The van der Waals surface area contributed by atoms with Gasteiger partial charge in [-0.1, -0.05) is 36.7 Å². The molecule has 1 heterocycles. The lowest BCUT2D eigenvalue weighted by Gasteiger charge is -2.20. The summed E-state index contributed by atoms with van der Waals surface area (Å²) < 4.78 is 2.10. The molecule has 1 aromatic heterocycles. The number of hydrogen-bond acceptors (Lipinski definition) is 2. The van der Waals surface area contributed by atoms with Gasteiger partial charge in [0.1, 0.15) is 5.82 Å². The molecule has 2 aromatic rings. The first kappa shape index (κ1) is 12.1. The highest BCUT2D eigenvalue weighted by molar-refractivity contribution is 6.31. The molecule has 0 fully saturated rings. The zero-order valence-electron chi connectivity index (χ0n) is 9.81. The van der Waals surface area contributed by atoms with Crippen molar-refractivity contribution >= 4 is 11.6 Å². The Labute approximate surface area is 106 Å². The first-order chi connectivity index (χ1) is 8.27. The van der Waals surface area contributed by atoms with Crippen LogP contribution in [0.25, 0.3) is 0 Å². The predicted octanol–water partition coefficient (Wildman–Crippen LogP) is 2.65. The maximum absolute atomic E-state index is 6.22. The lowest BCUT2D eigenvalue weighted by molar-refractivity contribution is 0.568. The zero-order valence-corrected chi connectivity index (χ0v) is 10.6. The van der Waals surface area contributed by atoms with Crippen LogP contribution in [0.5, 0.6) is 0 Å². The molecule has 0 saturated heterocycles. The maximum Gasteiger partial charge on any atom is 0.108 e. The van der Waals surface area contributed by atoms with E-state index in [-0.39, 0.29) is 6.04 Å². The van der Waals surface area contributed by atoms with Crippen LogP contribution in [0.4, 0.5) is 0 Å². The summed E-state index contributed by atoms with van der Waals surface area (Å²) in [6.45, 7) is 2.59. The minimum Gasteiger partial charge on any atom is -0.328 e. The lowest BCUT2D eigenvalue weighted by atomic mass is 10.1. The Balaban J connectivity index is 2.44. The third-order valence-electron chi connectivity index (χ3n) is 2.89. The Morgan fingerprint density at radius 1 is 1.41 bits per heavy atom. The van der Waals surface area contributed by atoms with Crippen molar-refractivity contribution in [2.24, 2.45) is 5.73 Å². The fourth-order valence-corrected chi connectivity index (χ4v) is 2.30. The fourth-order valence-electron chi connectivity index (χ4n) is 2.04. The second kappa shape index (κ2) is 5.34. The fraction of sp³-hybridized carbons (Fsp3) is 0.308. The molecule has 0 spiro atoms.